The van der Waals surface area contributed by atoms with Crippen LogP contribution >= 0.6 is 0 Å². The molecule has 0 saturated carbocycles. The van der Waals surface area contributed by atoms with E-state index in [1.807, 2.05) is 6.92 Å². The van der Waals surface area contributed by atoms with Crippen LogP contribution in [0.4, 0.5) is 0 Å². The Labute approximate surface area is 99.8 Å². The zero-order valence-corrected chi connectivity index (χ0v) is 11.1. The number of hydrogen-bond donors (Lipinski definition) is 1. The Morgan fingerprint density at radius 1 is 1.38 bits per heavy atom. The molecule has 0 radical (unpaired) electrons. The zero-order chi connectivity index (χ0) is 12.2. The second kappa shape index (κ2) is 5.65. The lowest BCUT2D eigenvalue weighted by Crippen LogP contribution is -2.50. The van der Waals surface area contributed by atoms with Crippen molar-refractivity contribution in [2.24, 2.45) is 11.8 Å². The van der Waals surface area contributed by atoms with Gasteiger partial charge in [0.25, 0.3) is 0 Å². The van der Waals surface area contributed by atoms with Crippen molar-refractivity contribution in [3.8, 4) is 6.07 Å². The van der Waals surface area contributed by atoms with Gasteiger partial charge in [0.15, 0.2) is 0 Å². The highest BCUT2D eigenvalue weighted by atomic mass is 15.2. The lowest BCUT2D eigenvalue weighted by Gasteiger charge is -2.28. The van der Waals surface area contributed by atoms with Gasteiger partial charge in [-0.25, -0.2) is 0 Å². The molecule has 1 fully saturated rings. The maximum absolute atomic E-state index is 9.26. The van der Waals surface area contributed by atoms with Crippen LogP contribution < -0.4 is 5.32 Å². The molecule has 1 N–H and O–H groups in total. The first-order chi connectivity index (χ1) is 7.50. The van der Waals surface area contributed by atoms with Gasteiger partial charge in [-0.15, -0.1) is 0 Å². The highest BCUT2D eigenvalue weighted by molar-refractivity contribution is 5.06. The minimum Gasteiger partial charge on any atom is -0.300 e. The molecule has 3 heteroatoms. The molecule has 3 atom stereocenters. The van der Waals surface area contributed by atoms with Crippen LogP contribution in [0.1, 0.15) is 34.1 Å². The molecule has 0 aliphatic carbocycles. The van der Waals surface area contributed by atoms with Gasteiger partial charge in [0, 0.05) is 19.6 Å². The Morgan fingerprint density at radius 3 is 2.38 bits per heavy atom. The van der Waals surface area contributed by atoms with Crippen molar-refractivity contribution in [1.29, 1.82) is 5.26 Å². The number of rotatable bonds is 5. The van der Waals surface area contributed by atoms with Gasteiger partial charge in [0.2, 0.25) is 0 Å². The predicted molar refractivity (Wildman–Crippen MR) is 67.1 cm³/mol. The van der Waals surface area contributed by atoms with Crippen molar-refractivity contribution in [2.75, 3.05) is 26.2 Å². The summed E-state index contributed by atoms with van der Waals surface area (Å²) in [6.45, 7) is 12.8. The molecular formula is C13H25N3. The van der Waals surface area contributed by atoms with Gasteiger partial charge in [-0.05, 0) is 31.7 Å². The SMILES string of the molecule is CCCNC(C)(C#N)CN1CC(C)C(C)C1. The molecule has 0 spiro atoms. The highest BCUT2D eigenvalue weighted by Gasteiger charge is 2.32. The van der Waals surface area contributed by atoms with Crippen molar-refractivity contribution < 1.29 is 0 Å². The molecule has 92 valence electrons. The minimum absolute atomic E-state index is 0.389. The van der Waals surface area contributed by atoms with Crippen LogP contribution in [0.3, 0.4) is 0 Å². The van der Waals surface area contributed by atoms with Crippen LogP contribution in [0.5, 0.6) is 0 Å². The summed E-state index contributed by atoms with van der Waals surface area (Å²) in [5, 5.41) is 12.6. The minimum atomic E-state index is -0.389. The maximum atomic E-state index is 9.26. The average Bonchev–Trinajstić information content (AvgIpc) is 2.55. The van der Waals surface area contributed by atoms with Gasteiger partial charge >= 0.3 is 0 Å². The van der Waals surface area contributed by atoms with Gasteiger partial charge in [-0.2, -0.15) is 5.26 Å². The molecule has 0 aromatic rings. The Balaban J connectivity index is 2.48. The first kappa shape index (κ1) is 13.5. The predicted octanol–water partition coefficient (Wildman–Crippen LogP) is 1.86. The molecule has 1 rings (SSSR count). The van der Waals surface area contributed by atoms with E-state index in [1.165, 1.54) is 0 Å². The number of hydrogen-bond acceptors (Lipinski definition) is 3. The van der Waals surface area contributed by atoms with Crippen molar-refractivity contribution >= 4 is 0 Å². The summed E-state index contributed by atoms with van der Waals surface area (Å²) in [6, 6.07) is 2.42. The second-order valence-electron chi connectivity index (χ2n) is 5.52. The van der Waals surface area contributed by atoms with E-state index in [4.69, 9.17) is 0 Å². The third kappa shape index (κ3) is 3.47. The molecule has 3 nitrogen and oxygen atoms in total. The summed E-state index contributed by atoms with van der Waals surface area (Å²) in [7, 11) is 0. The van der Waals surface area contributed by atoms with E-state index in [0.717, 1.165) is 44.4 Å². The molecule has 0 amide bonds. The lowest BCUT2D eigenvalue weighted by atomic mass is 10.0. The standard InChI is InChI=1S/C13H25N3/c1-5-6-15-13(4,9-14)10-16-7-11(2)12(3)8-16/h11-12,15H,5-8,10H2,1-4H3. The van der Waals surface area contributed by atoms with Crippen molar-refractivity contribution in [3.63, 3.8) is 0 Å². The van der Waals surface area contributed by atoms with E-state index in [1.54, 1.807) is 0 Å². The molecule has 0 bridgehead atoms. The summed E-state index contributed by atoms with van der Waals surface area (Å²) >= 11 is 0. The lowest BCUT2D eigenvalue weighted by molar-refractivity contribution is 0.252. The summed E-state index contributed by atoms with van der Waals surface area (Å²) in [6.07, 6.45) is 1.07. The van der Waals surface area contributed by atoms with Crippen LogP contribution in [0.15, 0.2) is 0 Å². The van der Waals surface area contributed by atoms with Crippen LogP contribution in [-0.2, 0) is 0 Å². The Morgan fingerprint density at radius 2 is 1.94 bits per heavy atom. The summed E-state index contributed by atoms with van der Waals surface area (Å²) in [5.41, 5.74) is -0.389. The van der Waals surface area contributed by atoms with E-state index < -0.39 is 0 Å². The monoisotopic (exact) mass is 223 g/mol. The molecule has 1 saturated heterocycles. The van der Waals surface area contributed by atoms with Crippen LogP contribution in [0, 0.1) is 23.2 Å². The summed E-state index contributed by atoms with van der Waals surface area (Å²) in [4.78, 5) is 2.42. The normalized spacial score (nSPS) is 29.9. The smallest absolute Gasteiger partial charge is 0.116 e. The van der Waals surface area contributed by atoms with Gasteiger partial charge in [0.1, 0.15) is 5.54 Å². The van der Waals surface area contributed by atoms with E-state index in [9.17, 15) is 5.26 Å². The van der Waals surface area contributed by atoms with Gasteiger partial charge in [-0.1, -0.05) is 20.8 Å². The van der Waals surface area contributed by atoms with Crippen LogP contribution in [-0.4, -0.2) is 36.6 Å². The topological polar surface area (TPSA) is 39.1 Å². The number of nitrogens with one attached hydrogen (secondary N) is 1. The summed E-state index contributed by atoms with van der Waals surface area (Å²) < 4.78 is 0. The summed E-state index contributed by atoms with van der Waals surface area (Å²) in [5.74, 6) is 1.52. The molecule has 3 unspecified atom stereocenters. The van der Waals surface area contributed by atoms with Gasteiger partial charge < -0.3 is 0 Å². The Hall–Kier alpha value is -0.590. The number of nitriles is 1. The fraction of sp³-hybridized carbons (Fsp3) is 0.923. The average molecular weight is 223 g/mol. The fourth-order valence-corrected chi connectivity index (χ4v) is 2.36. The van der Waals surface area contributed by atoms with Gasteiger partial charge in [-0.3, -0.25) is 10.2 Å². The van der Waals surface area contributed by atoms with E-state index >= 15 is 0 Å². The van der Waals surface area contributed by atoms with Crippen molar-refractivity contribution in [3.05, 3.63) is 0 Å². The number of likely N-dealkylation sites (tertiary alicyclic amines) is 1. The molecular weight excluding hydrogens is 198 g/mol. The van der Waals surface area contributed by atoms with Crippen LogP contribution in [0.2, 0.25) is 0 Å². The highest BCUT2D eigenvalue weighted by Crippen LogP contribution is 2.23. The molecule has 1 aliphatic heterocycles. The van der Waals surface area contributed by atoms with Crippen molar-refractivity contribution in [1.82, 2.24) is 10.2 Å². The first-order valence-electron chi connectivity index (χ1n) is 6.39. The van der Waals surface area contributed by atoms with Gasteiger partial charge in [0.05, 0.1) is 6.07 Å². The van der Waals surface area contributed by atoms with Crippen LogP contribution in [0.25, 0.3) is 0 Å². The van der Waals surface area contributed by atoms with Crippen molar-refractivity contribution in [2.45, 2.75) is 39.7 Å². The second-order valence-corrected chi connectivity index (χ2v) is 5.52. The maximum Gasteiger partial charge on any atom is 0.116 e. The number of nitrogens with zero attached hydrogens (tertiary/aromatic N) is 2. The third-order valence-corrected chi connectivity index (χ3v) is 3.62. The quantitative estimate of drug-likeness (QED) is 0.773. The Bertz CT molecular complexity index is 248. The van der Waals surface area contributed by atoms with E-state index in [-0.39, 0.29) is 5.54 Å². The largest absolute Gasteiger partial charge is 0.300 e. The molecule has 1 heterocycles. The first-order valence-corrected chi connectivity index (χ1v) is 6.39. The van der Waals surface area contributed by atoms with E-state index in [0.29, 0.717) is 0 Å². The Kier molecular flexibility index (Phi) is 4.76. The molecule has 0 aromatic carbocycles. The van der Waals surface area contributed by atoms with E-state index in [2.05, 4.69) is 37.1 Å². The molecule has 0 aromatic heterocycles. The zero-order valence-electron chi connectivity index (χ0n) is 11.1. The molecule has 16 heavy (non-hydrogen) atoms. The third-order valence-electron chi connectivity index (χ3n) is 3.62. The molecule has 1 aliphatic rings. The fourth-order valence-electron chi connectivity index (χ4n) is 2.36.